The second-order valence-electron chi connectivity index (χ2n) is 6.29. The highest BCUT2D eigenvalue weighted by Crippen LogP contribution is 2.19. The fraction of sp³-hybridized carbons (Fsp3) is 0.211. The Hall–Kier alpha value is -3.11. The average molecular weight is 417 g/mol. The van der Waals surface area contributed by atoms with Gasteiger partial charge >= 0.3 is 0 Å². The molecule has 1 amide bonds. The topological polar surface area (TPSA) is 97.2 Å². The molecule has 3 rings (SSSR count). The van der Waals surface area contributed by atoms with Crippen LogP contribution < -0.4 is 5.32 Å². The first-order chi connectivity index (χ1) is 13.9. The van der Waals surface area contributed by atoms with Crippen molar-refractivity contribution in [3.8, 4) is 5.69 Å². The lowest BCUT2D eigenvalue weighted by Gasteiger charge is -2.17. The molecule has 0 aliphatic rings. The van der Waals surface area contributed by atoms with Gasteiger partial charge in [-0.3, -0.25) is 4.79 Å². The Balaban J connectivity index is 1.56. The third-order valence-electron chi connectivity index (χ3n) is 4.24. The van der Waals surface area contributed by atoms with Gasteiger partial charge < -0.3 is 5.32 Å². The van der Waals surface area contributed by atoms with E-state index in [1.165, 1.54) is 31.8 Å². The van der Waals surface area contributed by atoms with Crippen LogP contribution in [-0.4, -0.2) is 47.0 Å². The lowest BCUT2D eigenvalue weighted by molar-refractivity contribution is -0.116. The molecule has 0 saturated heterocycles. The van der Waals surface area contributed by atoms with Crippen molar-refractivity contribution >= 4 is 21.6 Å². The number of carbonyl (C=O) groups is 1. The van der Waals surface area contributed by atoms with Gasteiger partial charge in [-0.2, -0.15) is 5.10 Å². The smallest absolute Gasteiger partial charge is 0.242 e. The summed E-state index contributed by atoms with van der Waals surface area (Å²) in [7, 11) is -2.31. The molecule has 0 bridgehead atoms. The fourth-order valence-corrected chi connectivity index (χ4v) is 3.90. The van der Waals surface area contributed by atoms with Gasteiger partial charge in [0.2, 0.25) is 15.9 Å². The molecule has 0 aliphatic heterocycles. The van der Waals surface area contributed by atoms with Crippen molar-refractivity contribution in [3.05, 3.63) is 67.0 Å². The number of amides is 1. The Kier molecular flexibility index (Phi) is 6.35. The summed E-state index contributed by atoms with van der Waals surface area (Å²) in [6.07, 6.45) is 3.39. The molecule has 0 saturated carbocycles. The number of para-hydroxylation sites is 2. The van der Waals surface area contributed by atoms with E-state index >= 15 is 0 Å². The zero-order valence-electron chi connectivity index (χ0n) is 15.7. The number of hydrogen-bond donors (Lipinski definition) is 1. The van der Waals surface area contributed by atoms with Gasteiger partial charge in [0.15, 0.2) is 0 Å². The maximum absolute atomic E-state index is 13.0. The van der Waals surface area contributed by atoms with Gasteiger partial charge in [0.05, 0.1) is 16.3 Å². The van der Waals surface area contributed by atoms with Gasteiger partial charge in [-0.15, -0.1) is 0 Å². The van der Waals surface area contributed by atoms with E-state index in [2.05, 4.69) is 15.4 Å². The Morgan fingerprint density at radius 1 is 1.17 bits per heavy atom. The van der Waals surface area contributed by atoms with E-state index in [9.17, 15) is 17.6 Å². The molecule has 8 nitrogen and oxygen atoms in total. The second-order valence-corrected chi connectivity index (χ2v) is 8.33. The van der Waals surface area contributed by atoms with Crippen molar-refractivity contribution < 1.29 is 17.6 Å². The minimum absolute atomic E-state index is 0.00705. The molecule has 0 atom stereocenters. The summed E-state index contributed by atoms with van der Waals surface area (Å²) in [5.41, 5.74) is 1.25. The minimum atomic E-state index is -3.73. The van der Waals surface area contributed by atoms with Crippen LogP contribution in [0.15, 0.2) is 66.1 Å². The molecule has 1 N–H and O–H groups in total. The van der Waals surface area contributed by atoms with Crippen molar-refractivity contribution in [2.24, 2.45) is 0 Å². The minimum Gasteiger partial charge on any atom is -0.324 e. The number of hydrogen-bond acceptors (Lipinski definition) is 5. The summed E-state index contributed by atoms with van der Waals surface area (Å²) < 4.78 is 40.6. The van der Waals surface area contributed by atoms with Gasteiger partial charge in [0, 0.05) is 20.0 Å². The van der Waals surface area contributed by atoms with Gasteiger partial charge in [-0.25, -0.2) is 26.8 Å². The Bertz CT molecular complexity index is 1070. The van der Waals surface area contributed by atoms with Crippen LogP contribution in [0.25, 0.3) is 5.69 Å². The zero-order chi connectivity index (χ0) is 20.9. The zero-order valence-corrected chi connectivity index (χ0v) is 16.5. The lowest BCUT2D eigenvalue weighted by Crippen LogP contribution is -2.28. The van der Waals surface area contributed by atoms with Gasteiger partial charge in [0.25, 0.3) is 0 Å². The van der Waals surface area contributed by atoms with E-state index in [1.807, 2.05) is 6.07 Å². The van der Waals surface area contributed by atoms with Gasteiger partial charge in [-0.05, 0) is 42.8 Å². The van der Waals surface area contributed by atoms with Crippen molar-refractivity contribution in [1.29, 1.82) is 0 Å². The molecular formula is C19H20FN5O3S. The van der Waals surface area contributed by atoms with Crippen LogP contribution in [0.5, 0.6) is 0 Å². The average Bonchev–Trinajstić information content (AvgIpc) is 3.23. The fourth-order valence-electron chi connectivity index (χ4n) is 2.69. The van der Waals surface area contributed by atoms with Gasteiger partial charge in [-0.1, -0.05) is 12.1 Å². The molecule has 0 fully saturated rings. The number of anilines is 1. The largest absolute Gasteiger partial charge is 0.324 e. The van der Waals surface area contributed by atoms with Crippen LogP contribution in [0.4, 0.5) is 10.1 Å². The first-order valence-corrected chi connectivity index (χ1v) is 10.3. The van der Waals surface area contributed by atoms with Gasteiger partial charge in [0.1, 0.15) is 18.5 Å². The molecule has 0 unspecified atom stereocenters. The molecular weight excluding hydrogens is 397 g/mol. The molecule has 152 valence electrons. The molecule has 0 aliphatic carbocycles. The summed E-state index contributed by atoms with van der Waals surface area (Å²) in [5.74, 6) is -0.750. The molecule has 2 aromatic carbocycles. The molecule has 10 heteroatoms. The van der Waals surface area contributed by atoms with E-state index in [4.69, 9.17) is 0 Å². The van der Waals surface area contributed by atoms with Crippen LogP contribution in [0.2, 0.25) is 0 Å². The van der Waals surface area contributed by atoms with E-state index in [0.29, 0.717) is 17.8 Å². The third kappa shape index (κ3) is 5.04. The standard InChI is InChI=1S/C19H20FN5O3S/c1-24(29(27,28)16-10-8-15(20)9-11-16)12-4-7-19(26)23-17-5-2-3-6-18(17)25-14-21-13-22-25/h2-3,5-6,8-11,13-14H,4,7,12H2,1H3,(H,23,26). The molecule has 1 heterocycles. The number of rotatable bonds is 8. The first kappa shape index (κ1) is 20.6. The number of carbonyl (C=O) groups excluding carboxylic acids is 1. The SMILES string of the molecule is CN(CCCC(=O)Nc1ccccc1-n1cncn1)S(=O)(=O)c1ccc(F)cc1. The highest BCUT2D eigenvalue weighted by atomic mass is 32.2. The Labute approximate surface area is 168 Å². The monoisotopic (exact) mass is 417 g/mol. The van der Waals surface area contributed by atoms with Crippen LogP contribution in [0.1, 0.15) is 12.8 Å². The number of nitrogens with zero attached hydrogens (tertiary/aromatic N) is 4. The predicted molar refractivity (Wildman–Crippen MR) is 105 cm³/mol. The highest BCUT2D eigenvalue weighted by Gasteiger charge is 2.20. The van der Waals surface area contributed by atoms with Crippen molar-refractivity contribution in [3.63, 3.8) is 0 Å². The van der Waals surface area contributed by atoms with E-state index < -0.39 is 15.8 Å². The van der Waals surface area contributed by atoms with Crippen molar-refractivity contribution in [2.45, 2.75) is 17.7 Å². The number of nitrogens with one attached hydrogen (secondary N) is 1. The van der Waals surface area contributed by atoms with E-state index in [1.54, 1.807) is 22.9 Å². The normalized spacial score (nSPS) is 11.6. The first-order valence-electron chi connectivity index (χ1n) is 8.84. The number of sulfonamides is 1. The number of aromatic nitrogens is 3. The lowest BCUT2D eigenvalue weighted by atomic mass is 10.2. The maximum atomic E-state index is 13.0. The molecule has 29 heavy (non-hydrogen) atoms. The Morgan fingerprint density at radius 2 is 1.90 bits per heavy atom. The second kappa shape index (κ2) is 8.93. The van der Waals surface area contributed by atoms with E-state index in [-0.39, 0.29) is 23.8 Å². The van der Waals surface area contributed by atoms with Crippen molar-refractivity contribution in [2.75, 3.05) is 18.9 Å². The number of halogens is 1. The van der Waals surface area contributed by atoms with Crippen molar-refractivity contribution in [1.82, 2.24) is 19.1 Å². The third-order valence-corrected chi connectivity index (χ3v) is 6.11. The summed E-state index contributed by atoms with van der Waals surface area (Å²) >= 11 is 0. The summed E-state index contributed by atoms with van der Waals surface area (Å²) in [6.45, 7) is 0.151. The van der Waals surface area contributed by atoms with Crippen LogP contribution in [0, 0.1) is 5.82 Å². The predicted octanol–water partition coefficient (Wildman–Crippen LogP) is 2.45. The maximum Gasteiger partial charge on any atom is 0.242 e. The highest BCUT2D eigenvalue weighted by molar-refractivity contribution is 7.89. The van der Waals surface area contributed by atoms with Crippen LogP contribution in [0.3, 0.4) is 0 Å². The summed E-state index contributed by atoms with van der Waals surface area (Å²) in [4.78, 5) is 16.2. The van der Waals surface area contributed by atoms with E-state index in [0.717, 1.165) is 16.4 Å². The summed E-state index contributed by atoms with van der Waals surface area (Å²) in [6, 6.07) is 11.8. The van der Waals surface area contributed by atoms with Crippen LogP contribution >= 0.6 is 0 Å². The quantitative estimate of drug-likeness (QED) is 0.607. The molecule has 0 spiro atoms. The molecule has 3 aromatic rings. The van der Waals surface area contributed by atoms with Crippen LogP contribution in [-0.2, 0) is 14.8 Å². The molecule has 0 radical (unpaired) electrons. The Morgan fingerprint density at radius 3 is 2.59 bits per heavy atom. The molecule has 1 aromatic heterocycles. The number of benzene rings is 2. The summed E-state index contributed by atoms with van der Waals surface area (Å²) in [5, 5.41) is 6.87.